The van der Waals surface area contributed by atoms with E-state index in [9.17, 15) is 32.7 Å². The SMILES string of the molecule is O=C1Nc2c(c(=O)[nH]c(=O)n2Cc2ccncc2)C1(O)C(F)(F)F. The number of rotatable bonds is 2. The lowest BCUT2D eigenvalue weighted by atomic mass is 9.97. The van der Waals surface area contributed by atoms with Gasteiger partial charge in [-0.2, -0.15) is 13.2 Å². The predicted octanol–water partition coefficient (Wildman–Crippen LogP) is -0.318. The first-order valence-electron chi connectivity index (χ1n) is 6.53. The fraction of sp³-hybridized carbons (Fsp3) is 0.231. The summed E-state index contributed by atoms with van der Waals surface area (Å²) in [6.07, 6.45) is -2.64. The lowest BCUT2D eigenvalue weighted by molar-refractivity contribution is -0.252. The summed E-state index contributed by atoms with van der Waals surface area (Å²) >= 11 is 0. The van der Waals surface area contributed by atoms with Crippen LogP contribution in [0.3, 0.4) is 0 Å². The van der Waals surface area contributed by atoms with Gasteiger partial charge in [-0.25, -0.2) is 4.79 Å². The van der Waals surface area contributed by atoms with Crippen LogP contribution in [0.2, 0.25) is 0 Å². The van der Waals surface area contributed by atoms with Crippen molar-refractivity contribution >= 4 is 11.7 Å². The highest BCUT2D eigenvalue weighted by Gasteiger charge is 2.66. The summed E-state index contributed by atoms with van der Waals surface area (Å²) in [5.74, 6) is -2.53. The molecular weight excluding hydrogens is 333 g/mol. The van der Waals surface area contributed by atoms with E-state index in [4.69, 9.17) is 0 Å². The molecule has 11 heteroatoms. The minimum atomic E-state index is -5.44. The highest BCUT2D eigenvalue weighted by atomic mass is 19.4. The van der Waals surface area contributed by atoms with Gasteiger partial charge in [-0.15, -0.1) is 0 Å². The number of hydrogen-bond donors (Lipinski definition) is 3. The number of aromatic amines is 1. The molecule has 2 aromatic rings. The molecule has 1 unspecified atom stereocenters. The molecule has 3 rings (SSSR count). The molecule has 0 bridgehead atoms. The number of amides is 1. The molecule has 126 valence electrons. The zero-order valence-electron chi connectivity index (χ0n) is 11.7. The smallest absolute Gasteiger partial charge is 0.368 e. The second-order valence-corrected chi connectivity index (χ2v) is 5.09. The molecule has 0 aromatic carbocycles. The zero-order chi connectivity index (χ0) is 17.7. The van der Waals surface area contributed by atoms with Gasteiger partial charge in [0.2, 0.25) is 0 Å². The number of aliphatic hydroxyl groups is 1. The monoisotopic (exact) mass is 342 g/mol. The van der Waals surface area contributed by atoms with E-state index in [1.807, 2.05) is 0 Å². The molecule has 0 spiro atoms. The van der Waals surface area contributed by atoms with Crippen LogP contribution < -0.4 is 16.6 Å². The number of fused-ring (bicyclic) bond motifs is 1. The molecular formula is C13H9F3N4O4. The molecule has 0 fully saturated rings. The summed E-state index contributed by atoms with van der Waals surface area (Å²) in [5.41, 5.74) is -7.31. The average molecular weight is 342 g/mol. The molecule has 3 N–H and O–H groups in total. The maximum absolute atomic E-state index is 13.2. The molecule has 0 saturated carbocycles. The Morgan fingerprint density at radius 2 is 1.83 bits per heavy atom. The van der Waals surface area contributed by atoms with Gasteiger partial charge in [-0.05, 0) is 17.7 Å². The van der Waals surface area contributed by atoms with Gasteiger partial charge < -0.3 is 10.4 Å². The molecule has 24 heavy (non-hydrogen) atoms. The third-order valence-corrected chi connectivity index (χ3v) is 3.62. The molecule has 3 heterocycles. The van der Waals surface area contributed by atoms with Gasteiger partial charge in [0, 0.05) is 12.4 Å². The number of carbonyl (C=O) groups excluding carboxylic acids is 1. The molecule has 0 radical (unpaired) electrons. The Morgan fingerprint density at radius 3 is 2.42 bits per heavy atom. The first-order chi connectivity index (χ1) is 11.2. The van der Waals surface area contributed by atoms with Gasteiger partial charge in [0.05, 0.1) is 6.54 Å². The first kappa shape index (κ1) is 15.9. The summed E-state index contributed by atoms with van der Waals surface area (Å²) in [6.45, 7) is -0.241. The van der Waals surface area contributed by atoms with Crippen molar-refractivity contribution in [3.05, 3.63) is 56.5 Å². The summed E-state index contributed by atoms with van der Waals surface area (Å²) < 4.78 is 40.2. The molecule has 0 saturated heterocycles. The van der Waals surface area contributed by atoms with Crippen molar-refractivity contribution < 1.29 is 23.1 Å². The minimum absolute atomic E-state index is 0.241. The number of anilines is 1. The highest BCUT2D eigenvalue weighted by Crippen LogP contribution is 2.44. The van der Waals surface area contributed by atoms with E-state index in [0.717, 1.165) is 4.57 Å². The number of hydrogen-bond acceptors (Lipinski definition) is 5. The molecule has 0 aliphatic carbocycles. The number of carbonyl (C=O) groups is 1. The highest BCUT2D eigenvalue weighted by molar-refractivity contribution is 6.04. The Kier molecular flexibility index (Phi) is 3.34. The fourth-order valence-electron chi connectivity index (χ4n) is 2.44. The summed E-state index contributed by atoms with van der Waals surface area (Å²) in [6, 6.07) is 2.99. The molecule has 1 atom stereocenters. The second-order valence-electron chi connectivity index (χ2n) is 5.09. The van der Waals surface area contributed by atoms with Gasteiger partial charge in [0.25, 0.3) is 17.1 Å². The Morgan fingerprint density at radius 1 is 1.21 bits per heavy atom. The standard InChI is InChI=1S/C13H9F3N4O4/c14-13(15,16)12(24)7-8(18-10(12)22)20(11(23)19-9(7)21)5-6-1-3-17-4-2-6/h1-4,24H,5H2,(H,18,22)(H,19,21,23). The molecule has 2 aromatic heterocycles. The van der Waals surface area contributed by atoms with Crippen molar-refractivity contribution in [3.63, 3.8) is 0 Å². The largest absolute Gasteiger partial charge is 0.431 e. The number of nitrogens with one attached hydrogen (secondary N) is 2. The van der Waals surface area contributed by atoms with Crippen LogP contribution in [0.5, 0.6) is 0 Å². The third-order valence-electron chi connectivity index (χ3n) is 3.62. The van der Waals surface area contributed by atoms with Crippen molar-refractivity contribution in [1.82, 2.24) is 14.5 Å². The van der Waals surface area contributed by atoms with Crippen LogP contribution in [0.15, 0.2) is 34.1 Å². The van der Waals surface area contributed by atoms with Crippen LogP contribution in [0.1, 0.15) is 11.1 Å². The Bertz CT molecular complexity index is 935. The topological polar surface area (TPSA) is 117 Å². The van der Waals surface area contributed by atoms with Crippen LogP contribution >= 0.6 is 0 Å². The van der Waals surface area contributed by atoms with Gasteiger partial charge in [-0.1, -0.05) is 0 Å². The zero-order valence-corrected chi connectivity index (χ0v) is 11.7. The van der Waals surface area contributed by atoms with Crippen LogP contribution in [-0.4, -0.2) is 31.7 Å². The van der Waals surface area contributed by atoms with Crippen LogP contribution in [0.4, 0.5) is 19.0 Å². The summed E-state index contributed by atoms with van der Waals surface area (Å²) in [7, 11) is 0. The number of H-pyrrole nitrogens is 1. The Balaban J connectivity index is 2.25. The lowest BCUT2D eigenvalue weighted by Crippen LogP contribution is -2.50. The normalized spacial score (nSPS) is 19.9. The Labute approximate surface area is 130 Å². The van der Waals surface area contributed by atoms with Gasteiger partial charge in [0.15, 0.2) is 0 Å². The van der Waals surface area contributed by atoms with Crippen molar-refractivity contribution in [2.75, 3.05) is 5.32 Å². The van der Waals surface area contributed by atoms with E-state index >= 15 is 0 Å². The van der Waals surface area contributed by atoms with Crippen molar-refractivity contribution in [2.24, 2.45) is 0 Å². The number of aromatic nitrogens is 3. The maximum Gasteiger partial charge on any atom is 0.431 e. The maximum atomic E-state index is 13.2. The number of nitrogens with zero attached hydrogens (tertiary/aromatic N) is 2. The number of alkyl halides is 3. The van der Waals surface area contributed by atoms with Crippen LogP contribution in [-0.2, 0) is 16.9 Å². The molecule has 1 aliphatic heterocycles. The lowest BCUT2D eigenvalue weighted by Gasteiger charge is -2.22. The molecule has 1 aliphatic rings. The van der Waals surface area contributed by atoms with Crippen LogP contribution in [0.25, 0.3) is 0 Å². The van der Waals surface area contributed by atoms with E-state index in [0.29, 0.717) is 5.56 Å². The van der Waals surface area contributed by atoms with E-state index < -0.39 is 40.3 Å². The third kappa shape index (κ3) is 2.12. The van der Waals surface area contributed by atoms with Gasteiger partial charge in [-0.3, -0.25) is 24.1 Å². The van der Waals surface area contributed by atoms with Crippen molar-refractivity contribution in [3.8, 4) is 0 Å². The average Bonchev–Trinajstić information content (AvgIpc) is 2.78. The van der Waals surface area contributed by atoms with Crippen LogP contribution in [0, 0.1) is 0 Å². The number of pyridine rings is 1. The summed E-state index contributed by atoms with van der Waals surface area (Å²) in [5, 5.41) is 11.6. The fourth-order valence-corrected chi connectivity index (χ4v) is 2.44. The molecule has 8 nitrogen and oxygen atoms in total. The summed E-state index contributed by atoms with van der Waals surface area (Å²) in [4.78, 5) is 40.9. The first-order valence-corrected chi connectivity index (χ1v) is 6.53. The minimum Gasteiger partial charge on any atom is -0.368 e. The van der Waals surface area contributed by atoms with Gasteiger partial charge in [0.1, 0.15) is 11.4 Å². The quantitative estimate of drug-likeness (QED) is 0.692. The Hall–Kier alpha value is -2.95. The number of halogens is 3. The molecule has 1 amide bonds. The predicted molar refractivity (Wildman–Crippen MR) is 73.2 cm³/mol. The van der Waals surface area contributed by atoms with E-state index in [1.54, 1.807) is 10.3 Å². The van der Waals surface area contributed by atoms with Crippen molar-refractivity contribution in [1.29, 1.82) is 0 Å². The second kappa shape index (κ2) is 5.03. The van der Waals surface area contributed by atoms with E-state index in [1.165, 1.54) is 24.5 Å². The van der Waals surface area contributed by atoms with E-state index in [-0.39, 0.29) is 6.54 Å². The van der Waals surface area contributed by atoms with Gasteiger partial charge >= 0.3 is 11.9 Å². The van der Waals surface area contributed by atoms with E-state index in [2.05, 4.69) is 4.98 Å². The van der Waals surface area contributed by atoms with Crippen molar-refractivity contribution in [2.45, 2.75) is 18.3 Å².